The monoisotopic (exact) mass is 296 g/mol. The molecule has 0 bridgehead atoms. The maximum Gasteiger partial charge on any atom is 0.225 e. The van der Waals surface area contributed by atoms with Crippen molar-refractivity contribution in [3.63, 3.8) is 0 Å². The van der Waals surface area contributed by atoms with Crippen molar-refractivity contribution in [3.8, 4) is 11.1 Å². The normalized spacial score (nSPS) is 15.3. The van der Waals surface area contributed by atoms with Crippen molar-refractivity contribution < 1.29 is 9.53 Å². The lowest BCUT2D eigenvalue weighted by atomic mass is 9.97. The van der Waals surface area contributed by atoms with Gasteiger partial charge in [-0.25, -0.2) is 0 Å². The summed E-state index contributed by atoms with van der Waals surface area (Å²) in [5.74, 6) is 0.156. The lowest BCUT2D eigenvalue weighted by Crippen LogP contribution is -2.16. The van der Waals surface area contributed by atoms with Gasteiger partial charge in [-0.15, -0.1) is 0 Å². The van der Waals surface area contributed by atoms with E-state index in [0.717, 1.165) is 5.69 Å². The van der Waals surface area contributed by atoms with Crippen LogP contribution in [0.2, 0.25) is 0 Å². The fraction of sp³-hybridized carbons (Fsp3) is 0.278. The largest absolute Gasteiger partial charge is 0.384 e. The smallest absolute Gasteiger partial charge is 0.225 e. The summed E-state index contributed by atoms with van der Waals surface area (Å²) >= 11 is 0. The Hall–Kier alpha value is -2.17. The molecule has 22 heavy (non-hydrogen) atoms. The third-order valence-corrected chi connectivity index (χ3v) is 4.04. The number of nitrogens with two attached hydrogens (primary N) is 1. The van der Waals surface area contributed by atoms with Crippen LogP contribution in [0, 0.1) is 0 Å². The topological polar surface area (TPSA) is 64.3 Å². The zero-order valence-corrected chi connectivity index (χ0v) is 12.6. The minimum Gasteiger partial charge on any atom is -0.384 e. The van der Waals surface area contributed by atoms with Crippen LogP contribution in [0.5, 0.6) is 0 Å². The number of ether oxygens (including phenoxy) is 1. The summed E-state index contributed by atoms with van der Waals surface area (Å²) in [5, 5.41) is 2.90. The van der Waals surface area contributed by atoms with Gasteiger partial charge in [0.05, 0.1) is 6.61 Å². The highest BCUT2D eigenvalue weighted by molar-refractivity contribution is 5.92. The Morgan fingerprint density at radius 2 is 1.95 bits per heavy atom. The molecule has 0 saturated carbocycles. The summed E-state index contributed by atoms with van der Waals surface area (Å²) in [6.45, 7) is 0.985. The molecule has 0 aromatic heterocycles. The Kier molecular flexibility index (Phi) is 4.22. The van der Waals surface area contributed by atoms with E-state index in [4.69, 9.17) is 10.5 Å². The molecule has 2 aromatic carbocycles. The molecule has 1 atom stereocenters. The second-order valence-corrected chi connectivity index (χ2v) is 5.48. The average molecular weight is 296 g/mol. The molecule has 3 N–H and O–H groups in total. The number of hydrogen-bond acceptors (Lipinski definition) is 3. The van der Waals surface area contributed by atoms with E-state index in [0.29, 0.717) is 19.6 Å². The number of fused-ring (bicyclic) bond motifs is 3. The second-order valence-electron chi connectivity index (χ2n) is 5.48. The summed E-state index contributed by atoms with van der Waals surface area (Å²) in [6, 6.07) is 14.4. The number of methoxy groups -OCH3 is 1. The Bertz CT molecular complexity index is 697. The SMILES string of the molecule is COCC1c2ccccc2-c2ccc(NC(=O)CCN)cc21. The maximum absolute atomic E-state index is 11.7. The molecule has 0 aliphatic heterocycles. The van der Waals surface area contributed by atoms with E-state index >= 15 is 0 Å². The van der Waals surface area contributed by atoms with Crippen molar-refractivity contribution in [3.05, 3.63) is 53.6 Å². The Balaban J connectivity index is 1.96. The highest BCUT2D eigenvalue weighted by Gasteiger charge is 2.28. The molecule has 1 aliphatic rings. The summed E-state index contributed by atoms with van der Waals surface area (Å²) in [6.07, 6.45) is 0.332. The number of nitrogens with one attached hydrogen (secondary N) is 1. The fourth-order valence-corrected chi connectivity index (χ4v) is 3.09. The number of rotatable bonds is 5. The van der Waals surface area contributed by atoms with Crippen LogP contribution in [0.1, 0.15) is 23.5 Å². The molecule has 0 spiro atoms. The number of benzene rings is 2. The quantitative estimate of drug-likeness (QED) is 0.891. The van der Waals surface area contributed by atoms with E-state index in [1.807, 2.05) is 12.1 Å². The van der Waals surface area contributed by atoms with E-state index in [1.165, 1.54) is 22.3 Å². The van der Waals surface area contributed by atoms with E-state index < -0.39 is 0 Å². The molecule has 1 amide bonds. The first-order valence-corrected chi connectivity index (χ1v) is 7.46. The van der Waals surface area contributed by atoms with Crippen LogP contribution < -0.4 is 11.1 Å². The number of anilines is 1. The van der Waals surface area contributed by atoms with Gasteiger partial charge in [-0.2, -0.15) is 0 Å². The molecular formula is C18H20N2O2. The van der Waals surface area contributed by atoms with Crippen molar-refractivity contribution in [2.45, 2.75) is 12.3 Å². The van der Waals surface area contributed by atoms with Crippen LogP contribution in [-0.2, 0) is 9.53 Å². The fourth-order valence-electron chi connectivity index (χ4n) is 3.09. The van der Waals surface area contributed by atoms with E-state index in [1.54, 1.807) is 7.11 Å². The highest BCUT2D eigenvalue weighted by Crippen LogP contribution is 2.45. The van der Waals surface area contributed by atoms with Crippen molar-refractivity contribution in [1.82, 2.24) is 0 Å². The van der Waals surface area contributed by atoms with Gasteiger partial charge in [0.15, 0.2) is 0 Å². The Morgan fingerprint density at radius 3 is 2.73 bits per heavy atom. The van der Waals surface area contributed by atoms with Crippen molar-refractivity contribution in [2.75, 3.05) is 25.6 Å². The summed E-state index contributed by atoms with van der Waals surface area (Å²) in [4.78, 5) is 11.7. The molecule has 0 fully saturated rings. The van der Waals surface area contributed by atoms with Gasteiger partial charge in [-0.1, -0.05) is 30.3 Å². The van der Waals surface area contributed by atoms with Crippen LogP contribution >= 0.6 is 0 Å². The van der Waals surface area contributed by atoms with Gasteiger partial charge in [-0.3, -0.25) is 4.79 Å². The minimum absolute atomic E-state index is 0.0544. The molecule has 0 heterocycles. The molecule has 0 saturated heterocycles. The number of amides is 1. The summed E-state index contributed by atoms with van der Waals surface area (Å²) in [5.41, 5.74) is 11.2. The molecule has 4 heteroatoms. The molecular weight excluding hydrogens is 276 g/mol. The number of carbonyl (C=O) groups excluding carboxylic acids is 1. The van der Waals surface area contributed by atoms with Crippen LogP contribution in [0.3, 0.4) is 0 Å². The first-order chi connectivity index (χ1) is 10.7. The molecule has 4 nitrogen and oxygen atoms in total. The van der Waals surface area contributed by atoms with Gasteiger partial charge in [0, 0.05) is 31.7 Å². The average Bonchev–Trinajstić information content (AvgIpc) is 2.82. The zero-order chi connectivity index (χ0) is 15.5. The van der Waals surface area contributed by atoms with Gasteiger partial charge >= 0.3 is 0 Å². The van der Waals surface area contributed by atoms with Crippen LogP contribution in [0.15, 0.2) is 42.5 Å². The summed E-state index contributed by atoms with van der Waals surface area (Å²) < 4.78 is 5.40. The van der Waals surface area contributed by atoms with Gasteiger partial charge in [0.2, 0.25) is 5.91 Å². The molecule has 3 rings (SSSR count). The molecule has 1 aliphatic carbocycles. The van der Waals surface area contributed by atoms with Gasteiger partial charge in [0.1, 0.15) is 0 Å². The van der Waals surface area contributed by atoms with E-state index in [2.05, 4.69) is 35.6 Å². The minimum atomic E-state index is -0.0544. The Labute approximate surface area is 130 Å². The van der Waals surface area contributed by atoms with Crippen LogP contribution in [0.4, 0.5) is 5.69 Å². The first kappa shape index (κ1) is 14.8. The Morgan fingerprint density at radius 1 is 1.18 bits per heavy atom. The standard InChI is InChI=1S/C18H20N2O2/c1-22-11-17-14-5-3-2-4-13(14)15-7-6-12(10-16(15)17)20-18(21)8-9-19/h2-7,10,17H,8-9,11,19H2,1H3,(H,20,21). The van der Waals surface area contributed by atoms with Crippen molar-refractivity contribution in [2.24, 2.45) is 5.73 Å². The lowest BCUT2D eigenvalue weighted by molar-refractivity contribution is -0.116. The van der Waals surface area contributed by atoms with Gasteiger partial charge in [-0.05, 0) is 34.4 Å². The number of hydrogen-bond donors (Lipinski definition) is 2. The highest BCUT2D eigenvalue weighted by atomic mass is 16.5. The third kappa shape index (κ3) is 2.63. The predicted molar refractivity (Wildman–Crippen MR) is 87.9 cm³/mol. The molecule has 2 aromatic rings. The van der Waals surface area contributed by atoms with E-state index in [9.17, 15) is 4.79 Å². The van der Waals surface area contributed by atoms with Crippen molar-refractivity contribution in [1.29, 1.82) is 0 Å². The zero-order valence-electron chi connectivity index (χ0n) is 12.6. The van der Waals surface area contributed by atoms with Crippen molar-refractivity contribution >= 4 is 11.6 Å². The predicted octanol–water partition coefficient (Wildman–Crippen LogP) is 2.73. The summed E-state index contributed by atoms with van der Waals surface area (Å²) in [7, 11) is 1.72. The van der Waals surface area contributed by atoms with Gasteiger partial charge in [0.25, 0.3) is 0 Å². The lowest BCUT2D eigenvalue weighted by Gasteiger charge is -2.13. The van der Waals surface area contributed by atoms with Crippen LogP contribution in [-0.4, -0.2) is 26.2 Å². The molecule has 1 unspecified atom stereocenters. The molecule has 114 valence electrons. The van der Waals surface area contributed by atoms with Crippen LogP contribution in [0.25, 0.3) is 11.1 Å². The maximum atomic E-state index is 11.7. The number of carbonyl (C=O) groups is 1. The first-order valence-electron chi connectivity index (χ1n) is 7.46. The third-order valence-electron chi connectivity index (χ3n) is 4.04. The second kappa shape index (κ2) is 6.30. The molecule has 0 radical (unpaired) electrons. The van der Waals surface area contributed by atoms with E-state index in [-0.39, 0.29) is 11.8 Å². The van der Waals surface area contributed by atoms with Gasteiger partial charge < -0.3 is 15.8 Å².